The van der Waals surface area contributed by atoms with Crippen LogP contribution in [0.2, 0.25) is 5.02 Å². The quantitative estimate of drug-likeness (QED) is 0.431. The van der Waals surface area contributed by atoms with Gasteiger partial charge in [-0.05, 0) is 38.1 Å². The van der Waals surface area contributed by atoms with Crippen molar-refractivity contribution in [3.8, 4) is 22.8 Å². The molecule has 2 aliphatic heterocycles. The normalized spacial score (nSPS) is 20.3. The lowest BCUT2D eigenvalue weighted by Gasteiger charge is -2.32. The average molecular weight is 524 g/mol. The van der Waals surface area contributed by atoms with Gasteiger partial charge in [0, 0.05) is 36.0 Å². The minimum atomic E-state index is -0.115. The highest BCUT2D eigenvalue weighted by Crippen LogP contribution is 2.54. The van der Waals surface area contributed by atoms with Crippen molar-refractivity contribution < 1.29 is 19.0 Å². The van der Waals surface area contributed by atoms with Crippen LogP contribution in [0.4, 0.5) is 11.4 Å². The summed E-state index contributed by atoms with van der Waals surface area (Å²) in [6.07, 6.45) is 5.49. The Hall–Kier alpha value is -3.27. The first-order valence-electron chi connectivity index (χ1n) is 12.5. The molecule has 194 valence electrons. The number of rotatable bonds is 7. The number of anilines is 2. The van der Waals surface area contributed by atoms with Gasteiger partial charge in [0.25, 0.3) is 5.91 Å². The summed E-state index contributed by atoms with van der Waals surface area (Å²) in [6.45, 7) is 3.30. The van der Waals surface area contributed by atoms with E-state index in [9.17, 15) is 4.79 Å². The topological polar surface area (TPSA) is 101 Å². The Morgan fingerprint density at radius 1 is 1.32 bits per heavy atom. The Balaban J connectivity index is 1.44. The third-order valence-corrected chi connectivity index (χ3v) is 7.93. The maximum absolute atomic E-state index is 13.2. The number of H-pyrrole nitrogens is 1. The summed E-state index contributed by atoms with van der Waals surface area (Å²) in [5.41, 5.74) is 4.41. The molecule has 4 heterocycles. The van der Waals surface area contributed by atoms with Crippen molar-refractivity contribution in [1.29, 1.82) is 0 Å². The van der Waals surface area contributed by atoms with Crippen LogP contribution < -0.4 is 20.1 Å². The van der Waals surface area contributed by atoms with E-state index >= 15 is 0 Å². The minimum absolute atomic E-state index is 0.0630. The molecule has 1 saturated carbocycles. The van der Waals surface area contributed by atoms with E-state index in [1.54, 1.807) is 25.6 Å². The number of fused-ring (bicyclic) bond motifs is 2. The molecule has 3 N–H and O–H groups in total. The van der Waals surface area contributed by atoms with E-state index in [1.807, 2.05) is 18.2 Å². The number of carbonyl (C=O) groups excluding carboxylic acids is 1. The number of aromatic amines is 1. The minimum Gasteiger partial charge on any atom is -0.493 e. The van der Waals surface area contributed by atoms with Gasteiger partial charge in [0.15, 0.2) is 5.75 Å². The van der Waals surface area contributed by atoms with Crippen molar-refractivity contribution in [3.05, 3.63) is 52.9 Å². The number of methoxy groups -OCH3 is 1. The highest BCUT2D eigenvalue weighted by atomic mass is 35.5. The molecule has 1 aliphatic carbocycles. The van der Waals surface area contributed by atoms with E-state index in [-0.39, 0.29) is 17.4 Å². The molecule has 6 rings (SSSR count). The van der Waals surface area contributed by atoms with Crippen LogP contribution in [0.25, 0.3) is 11.3 Å². The number of pyridine rings is 1. The number of ether oxygens (including phenoxy) is 3. The van der Waals surface area contributed by atoms with Crippen LogP contribution in [0, 0.1) is 0 Å². The number of benzene rings is 1. The van der Waals surface area contributed by atoms with E-state index in [0.717, 1.165) is 42.9 Å². The van der Waals surface area contributed by atoms with Crippen LogP contribution in [-0.2, 0) is 10.2 Å². The lowest BCUT2D eigenvalue weighted by Crippen LogP contribution is -2.46. The number of aromatic nitrogens is 2. The standard InChI is InChI=1S/C27H30ClN5O4/c1-33-10-11-36-13-16(33)14-37-20-12-29-9-6-17(20)22-23(31-19-5-3-4-18(28)24(19)35-2)21-25(32-22)27(7-8-27)15-30-26(21)34/h3-6,9,12,16,31-32H,7-8,10-11,13-15H2,1-2H3,(H,30,34). The van der Waals surface area contributed by atoms with Gasteiger partial charge in [-0.15, -0.1) is 0 Å². The molecule has 3 aromatic rings. The smallest absolute Gasteiger partial charge is 0.255 e. The van der Waals surface area contributed by atoms with Gasteiger partial charge in [-0.3, -0.25) is 14.7 Å². The summed E-state index contributed by atoms with van der Waals surface area (Å²) in [5, 5.41) is 7.04. The van der Waals surface area contributed by atoms with Gasteiger partial charge in [0.1, 0.15) is 12.4 Å². The molecule has 9 nitrogen and oxygen atoms in total. The molecule has 1 aromatic carbocycles. The average Bonchev–Trinajstić information content (AvgIpc) is 3.59. The Morgan fingerprint density at radius 3 is 2.97 bits per heavy atom. The van der Waals surface area contributed by atoms with E-state index in [0.29, 0.717) is 53.2 Å². The molecular formula is C27H30ClN5O4. The zero-order valence-corrected chi connectivity index (χ0v) is 21.7. The van der Waals surface area contributed by atoms with Crippen LogP contribution in [0.1, 0.15) is 28.9 Å². The van der Waals surface area contributed by atoms with Crippen molar-refractivity contribution in [2.75, 3.05) is 52.4 Å². The van der Waals surface area contributed by atoms with Gasteiger partial charge >= 0.3 is 0 Å². The van der Waals surface area contributed by atoms with Crippen LogP contribution in [-0.4, -0.2) is 73.9 Å². The number of likely N-dealkylation sites (N-methyl/N-ethyl adjacent to an activating group) is 1. The number of halogens is 1. The molecule has 10 heteroatoms. The Bertz CT molecular complexity index is 1340. The zero-order chi connectivity index (χ0) is 25.6. The number of hydrogen-bond donors (Lipinski definition) is 3. The molecular weight excluding hydrogens is 494 g/mol. The third-order valence-electron chi connectivity index (χ3n) is 7.64. The van der Waals surface area contributed by atoms with Crippen LogP contribution >= 0.6 is 11.6 Å². The van der Waals surface area contributed by atoms with Crippen molar-refractivity contribution in [2.45, 2.75) is 24.3 Å². The van der Waals surface area contributed by atoms with E-state index in [2.05, 4.69) is 32.5 Å². The summed E-state index contributed by atoms with van der Waals surface area (Å²) in [4.78, 5) is 23.4. The van der Waals surface area contributed by atoms with Crippen molar-refractivity contribution in [2.24, 2.45) is 0 Å². The van der Waals surface area contributed by atoms with E-state index in [4.69, 9.17) is 25.8 Å². The lowest BCUT2D eigenvalue weighted by atomic mass is 9.93. The van der Waals surface area contributed by atoms with Crippen molar-refractivity contribution >= 4 is 28.9 Å². The highest BCUT2D eigenvalue weighted by molar-refractivity contribution is 6.32. The van der Waals surface area contributed by atoms with Gasteiger partial charge in [-0.1, -0.05) is 17.7 Å². The molecule has 3 aliphatic rings. The second-order valence-electron chi connectivity index (χ2n) is 9.93. The van der Waals surface area contributed by atoms with Gasteiger partial charge in [-0.25, -0.2) is 0 Å². The fourth-order valence-corrected chi connectivity index (χ4v) is 5.46. The number of morpholine rings is 1. The first-order chi connectivity index (χ1) is 18.0. The van der Waals surface area contributed by atoms with E-state index < -0.39 is 0 Å². The maximum Gasteiger partial charge on any atom is 0.255 e. The summed E-state index contributed by atoms with van der Waals surface area (Å²) < 4.78 is 17.5. The monoisotopic (exact) mass is 523 g/mol. The third kappa shape index (κ3) is 4.31. The zero-order valence-electron chi connectivity index (χ0n) is 20.9. The first-order valence-corrected chi connectivity index (χ1v) is 12.9. The number of hydrogen-bond acceptors (Lipinski definition) is 7. The lowest BCUT2D eigenvalue weighted by molar-refractivity contribution is -0.0107. The summed E-state index contributed by atoms with van der Waals surface area (Å²) in [7, 11) is 3.65. The maximum atomic E-state index is 13.2. The molecule has 1 amide bonds. The molecule has 37 heavy (non-hydrogen) atoms. The molecule has 0 bridgehead atoms. The first kappa shape index (κ1) is 24.1. The Morgan fingerprint density at radius 2 is 2.19 bits per heavy atom. The van der Waals surface area contributed by atoms with Crippen molar-refractivity contribution in [1.82, 2.24) is 20.2 Å². The molecule has 1 atom stereocenters. The van der Waals surface area contributed by atoms with Crippen LogP contribution in [0.3, 0.4) is 0 Å². The summed E-state index contributed by atoms with van der Waals surface area (Å²) in [6, 6.07) is 7.55. The number of nitrogens with one attached hydrogen (secondary N) is 3. The fraction of sp³-hybridized carbons (Fsp3) is 0.407. The largest absolute Gasteiger partial charge is 0.493 e. The molecule has 0 radical (unpaired) electrons. The highest BCUT2D eigenvalue weighted by Gasteiger charge is 2.51. The summed E-state index contributed by atoms with van der Waals surface area (Å²) >= 11 is 6.41. The Kier molecular flexibility index (Phi) is 6.22. The molecule has 1 saturated heterocycles. The van der Waals surface area contributed by atoms with Gasteiger partial charge < -0.3 is 29.8 Å². The predicted molar refractivity (Wildman–Crippen MR) is 141 cm³/mol. The van der Waals surface area contributed by atoms with Crippen LogP contribution in [0.5, 0.6) is 11.5 Å². The van der Waals surface area contributed by atoms with Crippen LogP contribution in [0.15, 0.2) is 36.7 Å². The number of amides is 1. The predicted octanol–water partition coefficient (Wildman–Crippen LogP) is 3.97. The fourth-order valence-electron chi connectivity index (χ4n) is 5.21. The number of para-hydroxylation sites is 1. The number of carbonyl (C=O) groups is 1. The molecule has 1 unspecified atom stereocenters. The molecule has 1 spiro atoms. The number of nitrogens with zero attached hydrogens (tertiary/aromatic N) is 2. The van der Waals surface area contributed by atoms with Gasteiger partial charge in [0.05, 0.1) is 60.2 Å². The second kappa shape index (κ2) is 9.55. The van der Waals surface area contributed by atoms with Gasteiger partial charge in [-0.2, -0.15) is 0 Å². The van der Waals surface area contributed by atoms with Gasteiger partial charge in [0.2, 0.25) is 0 Å². The summed E-state index contributed by atoms with van der Waals surface area (Å²) in [5.74, 6) is 1.02. The molecule has 2 aromatic heterocycles. The molecule has 2 fully saturated rings. The van der Waals surface area contributed by atoms with E-state index in [1.165, 1.54) is 0 Å². The Labute approximate surface area is 220 Å². The SMILES string of the molecule is COc1c(Cl)cccc1Nc1c(-c2ccncc2OCC2COCCN2C)[nH]c2c1C(=O)NCC21CC1. The van der Waals surface area contributed by atoms with Crippen molar-refractivity contribution in [3.63, 3.8) is 0 Å². The second-order valence-corrected chi connectivity index (χ2v) is 10.3.